The van der Waals surface area contributed by atoms with Gasteiger partial charge in [-0.15, -0.1) is 45.3 Å². The minimum atomic E-state index is -0.436. The quantitative estimate of drug-likeness (QED) is 0.0262. The van der Waals surface area contributed by atoms with Crippen molar-refractivity contribution in [3.05, 3.63) is 182 Å². The molecule has 5 aliphatic rings. The summed E-state index contributed by atoms with van der Waals surface area (Å²) in [5, 5.41) is 41.2. The number of Topliss-reactive ketones (excluding diaryl/α,β-unsaturated/α-hetero) is 2. The van der Waals surface area contributed by atoms with Crippen LogP contribution in [0.1, 0.15) is 259 Å². The smallest absolute Gasteiger partial charge is 0.289 e. The van der Waals surface area contributed by atoms with Crippen LogP contribution in [0.5, 0.6) is 0 Å². The molecular weight excluding hydrogens is 1430 g/mol. The summed E-state index contributed by atoms with van der Waals surface area (Å²) < 4.78 is 21.1. The molecule has 20 heteroatoms. The predicted molar refractivity (Wildman–Crippen MR) is 433 cm³/mol. The third kappa shape index (κ3) is 12.7. The zero-order valence-electron chi connectivity index (χ0n) is 60.9. The van der Waals surface area contributed by atoms with Crippen LogP contribution in [-0.2, 0) is 22.2 Å². The van der Waals surface area contributed by atoms with Gasteiger partial charge in [0, 0.05) is 88.8 Å². The molecule has 4 aliphatic carbocycles. The molecule has 4 unspecified atom stereocenters. The van der Waals surface area contributed by atoms with Crippen LogP contribution in [0.2, 0.25) is 0 Å². The van der Waals surface area contributed by atoms with Gasteiger partial charge in [-0.2, -0.15) is 48.2 Å². The van der Waals surface area contributed by atoms with Crippen LogP contribution in [0.4, 0.5) is 22.7 Å². The van der Waals surface area contributed by atoms with Crippen molar-refractivity contribution in [2.24, 2.45) is 32.4 Å². The van der Waals surface area contributed by atoms with Crippen molar-refractivity contribution >= 4 is 137 Å². The van der Waals surface area contributed by atoms with E-state index in [4.69, 9.17) is 43.8 Å². The van der Waals surface area contributed by atoms with Gasteiger partial charge in [0.05, 0.1) is 65.1 Å². The number of ketones is 2. The number of benzene rings is 3. The van der Waals surface area contributed by atoms with Gasteiger partial charge in [-0.25, -0.2) is 9.69 Å². The van der Waals surface area contributed by atoms with E-state index in [1.165, 1.54) is 74.5 Å². The van der Waals surface area contributed by atoms with E-state index in [-0.39, 0.29) is 67.3 Å². The Hall–Kier alpha value is -9.68. The Morgan fingerprint density at radius 3 is 1.24 bits per heavy atom. The number of hydrogen-bond acceptors (Lipinski definition) is 15. The molecule has 8 aromatic rings. The zero-order valence-corrected chi connectivity index (χ0v) is 65.8. The maximum Gasteiger partial charge on any atom is 0.527 e. The van der Waals surface area contributed by atoms with E-state index in [2.05, 4.69) is 111 Å². The number of hydrogen-bond donors (Lipinski definition) is 0. The van der Waals surface area contributed by atoms with E-state index < -0.39 is 22.4 Å². The second-order valence-corrected chi connectivity index (χ2v) is 34.1. The first-order valence-electron chi connectivity index (χ1n) is 37.1. The number of fused-ring (bicyclic) bond motifs is 10. The molecule has 0 bridgehead atoms. The number of nitrogens with zero attached hydrogens (tertiary/aromatic N) is 12. The van der Waals surface area contributed by atoms with Gasteiger partial charge in [-0.1, -0.05) is 158 Å². The highest BCUT2D eigenvalue weighted by molar-refractivity contribution is 7.58. The highest BCUT2D eigenvalue weighted by Crippen LogP contribution is 2.67. The average molecular weight is 1500 g/mol. The van der Waals surface area contributed by atoms with Crippen molar-refractivity contribution in [2.75, 3.05) is 0 Å². The van der Waals surface area contributed by atoms with Gasteiger partial charge in [0.1, 0.15) is 53.3 Å². The Balaban J connectivity index is 1.01. The SMILES string of the molecule is [C-]#[N+]C([N+]#[C-])=C1/C(=C/c2cc3c(s2)-c2sc(-c4c5c(c(-c6cc7c(s6)-c6sc(/C=C8\C(=O)c9cc([N+]#[C-])c(C#N)cc9C8=C(C#N)C#N)cc6C7(CC(CC)CCCC)CC(CC)CCCC)c6nsnc46)N=S=N5)cc2C3(CC(CC)CCCC)CC(CC)CCCC)C(=O)c2cc(C#N)c([N+]#[C-])cc21. The van der Waals surface area contributed by atoms with Crippen LogP contribution in [0.25, 0.3) is 94.1 Å². The van der Waals surface area contributed by atoms with Crippen LogP contribution in [0.15, 0.2) is 79.8 Å². The molecule has 530 valence electrons. The van der Waals surface area contributed by atoms with Crippen LogP contribution in [-0.4, -0.2) is 20.3 Å². The van der Waals surface area contributed by atoms with Gasteiger partial charge in [-0.05, 0) is 143 Å². The molecule has 4 atom stereocenters. The summed E-state index contributed by atoms with van der Waals surface area (Å²) in [6.45, 7) is 50.4. The second-order valence-electron chi connectivity index (χ2n) is 28.8. The summed E-state index contributed by atoms with van der Waals surface area (Å²) in [6.07, 6.45) is 24.5. The number of carbonyl (C=O) groups is 2. The number of nitriles is 4. The van der Waals surface area contributed by atoms with Crippen LogP contribution in [0, 0.1) is 95.3 Å². The van der Waals surface area contributed by atoms with Gasteiger partial charge in [0.2, 0.25) is 11.4 Å². The molecule has 0 radical (unpaired) electrons. The number of aromatic nitrogens is 2. The van der Waals surface area contributed by atoms with Crippen molar-refractivity contribution in [3.63, 3.8) is 0 Å². The van der Waals surface area contributed by atoms with Crippen LogP contribution >= 0.6 is 57.1 Å². The molecule has 106 heavy (non-hydrogen) atoms. The predicted octanol–water partition coefficient (Wildman–Crippen LogP) is 26.7. The Labute approximate surface area is 645 Å². The molecule has 0 spiro atoms. The van der Waals surface area contributed by atoms with E-state index in [1.807, 2.05) is 24.3 Å². The van der Waals surface area contributed by atoms with Gasteiger partial charge < -0.3 is 0 Å². The van der Waals surface area contributed by atoms with E-state index in [9.17, 15) is 30.6 Å². The summed E-state index contributed by atoms with van der Waals surface area (Å²) in [4.78, 5) is 52.3. The van der Waals surface area contributed by atoms with Crippen molar-refractivity contribution in [1.29, 1.82) is 21.0 Å². The van der Waals surface area contributed by atoms with Gasteiger partial charge in [-0.3, -0.25) is 9.59 Å². The van der Waals surface area contributed by atoms with Gasteiger partial charge in [0.15, 0.2) is 11.6 Å². The van der Waals surface area contributed by atoms with E-state index in [1.54, 1.807) is 45.3 Å². The van der Waals surface area contributed by atoms with Crippen LogP contribution in [0.3, 0.4) is 0 Å². The van der Waals surface area contributed by atoms with Crippen molar-refractivity contribution in [1.82, 2.24) is 8.75 Å². The summed E-state index contributed by atoms with van der Waals surface area (Å²) >= 11 is 9.14. The largest absolute Gasteiger partial charge is 0.527 e. The number of allylic oxidation sites excluding steroid dienone is 5. The molecule has 3 aromatic carbocycles. The van der Waals surface area contributed by atoms with Gasteiger partial charge in [0.25, 0.3) is 0 Å². The lowest BCUT2D eigenvalue weighted by Gasteiger charge is -2.37. The average Bonchev–Trinajstić information content (AvgIpc) is 1.53. The highest BCUT2D eigenvalue weighted by atomic mass is 32.1. The minimum Gasteiger partial charge on any atom is -0.289 e. The first-order valence-corrected chi connectivity index (χ1v) is 41.8. The van der Waals surface area contributed by atoms with Crippen molar-refractivity contribution in [3.8, 4) is 64.7 Å². The van der Waals surface area contributed by atoms with E-state index in [0.717, 1.165) is 196 Å². The van der Waals surface area contributed by atoms with Crippen molar-refractivity contribution in [2.45, 2.75) is 195 Å². The first-order chi connectivity index (χ1) is 51.6. The molecule has 5 aromatic heterocycles. The lowest BCUT2D eigenvalue weighted by Crippen LogP contribution is -2.31. The molecular formula is C86H78N12O2S6. The Morgan fingerprint density at radius 1 is 0.491 bits per heavy atom. The summed E-state index contributed by atoms with van der Waals surface area (Å²) in [7, 11) is 0. The first kappa shape index (κ1) is 74.6. The summed E-state index contributed by atoms with van der Waals surface area (Å²) in [6, 6.07) is 23.5. The Bertz CT molecular complexity index is 5170. The fourth-order valence-corrected chi connectivity index (χ4v) is 23.8. The molecule has 14 nitrogen and oxygen atoms in total. The molecule has 0 amide bonds. The molecule has 13 rings (SSSR count). The summed E-state index contributed by atoms with van der Waals surface area (Å²) in [5.41, 5.74) is 10.8. The second kappa shape index (κ2) is 31.4. The minimum absolute atomic E-state index is 0.0328. The topological polar surface area (TPSA) is 197 Å². The number of unbranched alkanes of at least 4 members (excludes halogenated alkanes) is 4. The monoisotopic (exact) mass is 1500 g/mol. The highest BCUT2D eigenvalue weighted by Gasteiger charge is 2.51. The fraction of sp³-hybridized carbons (Fsp3) is 0.395. The lowest BCUT2D eigenvalue weighted by molar-refractivity contribution is 0.103. The van der Waals surface area contributed by atoms with Gasteiger partial charge >= 0.3 is 5.82 Å². The Morgan fingerprint density at radius 2 is 0.858 bits per heavy atom. The van der Waals surface area contributed by atoms with E-state index in [0.29, 0.717) is 34.8 Å². The maximum atomic E-state index is 14.8. The Kier molecular flexibility index (Phi) is 22.1. The molecule has 0 fully saturated rings. The fourth-order valence-electron chi connectivity index (χ4n) is 17.4. The zero-order chi connectivity index (χ0) is 74.9. The van der Waals surface area contributed by atoms with E-state index >= 15 is 0 Å². The third-order valence-corrected chi connectivity index (χ3v) is 28.7. The molecule has 0 N–H and O–H groups in total. The normalized spacial score (nSPS) is 17.9. The standard InChI is InChI=1S/C86H78N12O2S6/c1-13-21-25-47(17-5)39-85(40-48(18-6)26-22-14-2)62-33-54(31-60-70(53(45-89)46-90)56-29-51(43-87)67(92-10)36-59(56)79(60)100)101-80(62)82-64(85)37-68(103-82)72-74-76(97-105-95-74)73(77-75(72)96-106-98-77)69-38-65-83(104-69)81-63(86(65,41-49(19-7)27-23-15-3)42-50(20-8)28-24-16-4)34-55(102-81)32-61-71(84(93-11)94-12)57-35-66(91-9)52(44-88)30-58(57)78(61)99/h29-38,47-50H,13-28,39-42H2,1-8H3/b60-31-,61-32-. The number of rotatable bonds is 28. The van der Waals surface area contributed by atoms with Crippen molar-refractivity contribution < 1.29 is 9.59 Å². The molecule has 0 saturated carbocycles. The number of carbonyl (C=O) groups excluding carboxylic acids is 2. The lowest BCUT2D eigenvalue weighted by atomic mass is 9.65. The van der Waals surface area contributed by atoms with Crippen LogP contribution < -0.4 is 0 Å². The summed E-state index contributed by atoms with van der Waals surface area (Å²) in [5.74, 6) is 0.544. The third-order valence-electron chi connectivity index (χ3n) is 22.9. The maximum absolute atomic E-state index is 14.8. The number of thiophene rings is 4. The molecule has 6 heterocycles. The molecule has 0 saturated heterocycles. The molecule has 1 aliphatic heterocycles.